The molecular formula is C18H22FN3O3S. The van der Waals surface area contributed by atoms with Gasteiger partial charge in [0.15, 0.2) is 10.1 Å². The van der Waals surface area contributed by atoms with E-state index >= 15 is 0 Å². The van der Waals surface area contributed by atoms with Crippen LogP contribution in [0.25, 0.3) is 0 Å². The number of amidine groups is 1. The maximum absolute atomic E-state index is 14.8. The van der Waals surface area contributed by atoms with E-state index in [0.29, 0.717) is 24.8 Å². The van der Waals surface area contributed by atoms with E-state index in [1.807, 2.05) is 6.07 Å². The van der Waals surface area contributed by atoms with E-state index in [4.69, 9.17) is 9.84 Å². The Morgan fingerprint density at radius 1 is 1.35 bits per heavy atom. The van der Waals surface area contributed by atoms with Crippen LogP contribution in [0.2, 0.25) is 0 Å². The SMILES string of the molecule is O=C(O)NC1=NC[C@H]2CCO[C@@]2(c2cc(NC3CCCC3)ccc2F)S1. The van der Waals surface area contributed by atoms with Gasteiger partial charge in [0.25, 0.3) is 0 Å². The topological polar surface area (TPSA) is 83.0 Å². The lowest BCUT2D eigenvalue weighted by Gasteiger charge is -2.37. The zero-order valence-electron chi connectivity index (χ0n) is 14.3. The van der Waals surface area contributed by atoms with Crippen molar-refractivity contribution in [2.75, 3.05) is 18.5 Å². The van der Waals surface area contributed by atoms with E-state index in [9.17, 15) is 9.18 Å². The molecule has 2 fully saturated rings. The highest BCUT2D eigenvalue weighted by Crippen LogP contribution is 2.53. The first-order valence-electron chi connectivity index (χ1n) is 9.01. The third-order valence-corrected chi connectivity index (χ3v) is 6.70. The Balaban J connectivity index is 1.65. The molecule has 6 nitrogen and oxygen atoms in total. The summed E-state index contributed by atoms with van der Waals surface area (Å²) in [4.78, 5) is 14.3. The summed E-state index contributed by atoms with van der Waals surface area (Å²) in [5, 5.41) is 15.0. The lowest BCUT2D eigenvalue weighted by atomic mass is 9.93. The number of nitrogens with one attached hydrogen (secondary N) is 2. The Hall–Kier alpha value is -1.80. The summed E-state index contributed by atoms with van der Waals surface area (Å²) in [6, 6.07) is 5.48. The van der Waals surface area contributed by atoms with Crippen LogP contribution in [-0.4, -0.2) is 35.6 Å². The van der Waals surface area contributed by atoms with Crippen LogP contribution in [0.15, 0.2) is 23.2 Å². The molecule has 1 saturated heterocycles. The number of carboxylic acid groups (broad SMARTS) is 1. The fourth-order valence-corrected chi connectivity index (χ4v) is 5.38. The molecule has 0 unspecified atom stereocenters. The molecule has 1 saturated carbocycles. The van der Waals surface area contributed by atoms with Gasteiger partial charge in [-0.3, -0.25) is 10.3 Å². The zero-order chi connectivity index (χ0) is 18.1. The number of hydrogen-bond donors (Lipinski definition) is 3. The molecule has 1 aromatic carbocycles. The van der Waals surface area contributed by atoms with Gasteiger partial charge >= 0.3 is 6.09 Å². The van der Waals surface area contributed by atoms with Gasteiger partial charge in [-0.2, -0.15) is 0 Å². The minimum absolute atomic E-state index is 0.0167. The van der Waals surface area contributed by atoms with Crippen molar-refractivity contribution in [2.45, 2.75) is 43.1 Å². The minimum atomic E-state index is -1.18. The maximum atomic E-state index is 14.8. The Kier molecular flexibility index (Phi) is 4.79. The molecule has 26 heavy (non-hydrogen) atoms. The highest BCUT2D eigenvalue weighted by atomic mass is 32.2. The van der Waals surface area contributed by atoms with Gasteiger partial charge in [0.05, 0.1) is 0 Å². The Labute approximate surface area is 155 Å². The van der Waals surface area contributed by atoms with Crippen LogP contribution in [0.3, 0.4) is 0 Å². The van der Waals surface area contributed by atoms with E-state index in [1.165, 1.54) is 18.9 Å². The van der Waals surface area contributed by atoms with Crippen molar-refractivity contribution < 1.29 is 19.0 Å². The quantitative estimate of drug-likeness (QED) is 0.745. The largest absolute Gasteiger partial charge is 0.465 e. The highest BCUT2D eigenvalue weighted by molar-refractivity contribution is 8.14. The highest BCUT2D eigenvalue weighted by Gasteiger charge is 2.51. The zero-order valence-corrected chi connectivity index (χ0v) is 15.2. The number of benzene rings is 1. The van der Waals surface area contributed by atoms with Crippen molar-refractivity contribution in [1.29, 1.82) is 0 Å². The molecule has 2 heterocycles. The van der Waals surface area contributed by atoms with Gasteiger partial charge < -0.3 is 15.2 Å². The van der Waals surface area contributed by atoms with E-state index in [2.05, 4.69) is 15.6 Å². The van der Waals surface area contributed by atoms with Crippen molar-refractivity contribution in [1.82, 2.24) is 5.32 Å². The summed E-state index contributed by atoms with van der Waals surface area (Å²) in [6.07, 6.45) is 4.29. The van der Waals surface area contributed by atoms with Crippen molar-refractivity contribution in [3.05, 3.63) is 29.6 Å². The Morgan fingerprint density at radius 3 is 2.92 bits per heavy atom. The number of nitrogens with zero attached hydrogens (tertiary/aromatic N) is 1. The van der Waals surface area contributed by atoms with Crippen LogP contribution in [0.5, 0.6) is 0 Å². The fraction of sp³-hybridized carbons (Fsp3) is 0.556. The van der Waals surface area contributed by atoms with Gasteiger partial charge in [-0.15, -0.1) is 0 Å². The normalized spacial score (nSPS) is 28.5. The second-order valence-electron chi connectivity index (χ2n) is 7.00. The molecule has 1 aliphatic carbocycles. The molecule has 3 aliphatic rings. The molecule has 1 amide bonds. The number of fused-ring (bicyclic) bond motifs is 1. The molecule has 140 valence electrons. The predicted molar refractivity (Wildman–Crippen MR) is 99.1 cm³/mol. The average Bonchev–Trinajstić information content (AvgIpc) is 3.25. The van der Waals surface area contributed by atoms with Crippen LogP contribution in [0.4, 0.5) is 14.9 Å². The van der Waals surface area contributed by atoms with Gasteiger partial charge in [0, 0.05) is 36.4 Å². The molecule has 0 aromatic heterocycles. The summed E-state index contributed by atoms with van der Waals surface area (Å²) >= 11 is 1.16. The maximum Gasteiger partial charge on any atom is 0.410 e. The van der Waals surface area contributed by atoms with E-state index in [-0.39, 0.29) is 16.9 Å². The summed E-state index contributed by atoms with van der Waals surface area (Å²) in [5.74, 6) is -0.318. The van der Waals surface area contributed by atoms with E-state index in [0.717, 1.165) is 36.7 Å². The number of amides is 1. The molecule has 0 radical (unpaired) electrons. The summed E-state index contributed by atoms with van der Waals surface area (Å²) in [6.45, 7) is 0.926. The fourth-order valence-electron chi connectivity index (χ4n) is 4.05. The Morgan fingerprint density at radius 2 is 2.15 bits per heavy atom. The minimum Gasteiger partial charge on any atom is -0.465 e. The third-order valence-electron chi connectivity index (χ3n) is 5.31. The second-order valence-corrected chi connectivity index (χ2v) is 8.20. The number of thioether (sulfide) groups is 1. The lowest BCUT2D eigenvalue weighted by Crippen LogP contribution is -2.41. The summed E-state index contributed by atoms with van der Waals surface area (Å²) in [7, 11) is 0. The molecule has 1 aromatic rings. The molecule has 8 heteroatoms. The van der Waals surface area contributed by atoms with Crippen molar-refractivity contribution >= 4 is 28.7 Å². The third kappa shape index (κ3) is 3.27. The number of ether oxygens (including phenoxy) is 1. The number of carbonyl (C=O) groups is 1. The predicted octanol–water partition coefficient (Wildman–Crippen LogP) is 3.74. The Bertz CT molecular complexity index is 738. The first-order valence-corrected chi connectivity index (χ1v) is 9.82. The second kappa shape index (κ2) is 7.08. The monoisotopic (exact) mass is 379 g/mol. The van der Waals surface area contributed by atoms with Gasteiger partial charge in [-0.25, -0.2) is 9.18 Å². The number of rotatable bonds is 3. The standard InChI is InChI=1S/C18H22FN3O3S/c19-15-6-5-13(21-12-3-1-2-4-12)9-14(15)18-11(7-8-25-18)10-20-16(26-18)22-17(23)24/h5-6,9,11-12,21H,1-4,7-8,10H2,(H,20,22)(H,23,24)/t11-,18-/m1/s1. The molecule has 2 atom stereocenters. The van der Waals surface area contributed by atoms with Gasteiger partial charge in [0.1, 0.15) is 5.82 Å². The van der Waals surface area contributed by atoms with Crippen LogP contribution < -0.4 is 10.6 Å². The van der Waals surface area contributed by atoms with E-state index < -0.39 is 11.0 Å². The molecule has 0 spiro atoms. The molecule has 0 bridgehead atoms. The van der Waals surface area contributed by atoms with Gasteiger partial charge in [-0.05, 0) is 49.2 Å². The molecule has 3 N–H and O–H groups in total. The smallest absolute Gasteiger partial charge is 0.410 e. The molecular weight excluding hydrogens is 357 g/mol. The number of anilines is 1. The first kappa shape index (κ1) is 17.6. The number of halogens is 1. The van der Waals surface area contributed by atoms with Gasteiger partial charge in [0.2, 0.25) is 0 Å². The lowest BCUT2D eigenvalue weighted by molar-refractivity contribution is 0.0560. The van der Waals surface area contributed by atoms with Gasteiger partial charge in [-0.1, -0.05) is 12.8 Å². The van der Waals surface area contributed by atoms with Crippen molar-refractivity contribution in [2.24, 2.45) is 10.9 Å². The van der Waals surface area contributed by atoms with Crippen LogP contribution in [0, 0.1) is 11.7 Å². The molecule has 4 rings (SSSR count). The van der Waals surface area contributed by atoms with Crippen LogP contribution in [-0.2, 0) is 9.67 Å². The summed E-state index contributed by atoms with van der Waals surface area (Å²) in [5.41, 5.74) is 1.35. The van der Waals surface area contributed by atoms with E-state index in [1.54, 1.807) is 6.07 Å². The van der Waals surface area contributed by atoms with Crippen molar-refractivity contribution in [3.63, 3.8) is 0 Å². The number of hydrogen-bond acceptors (Lipinski definition) is 5. The van der Waals surface area contributed by atoms with Crippen LogP contribution in [0.1, 0.15) is 37.7 Å². The first-order chi connectivity index (χ1) is 12.6. The van der Waals surface area contributed by atoms with Crippen LogP contribution >= 0.6 is 11.8 Å². The van der Waals surface area contributed by atoms with Crippen molar-refractivity contribution in [3.8, 4) is 0 Å². The summed E-state index contributed by atoms with van der Waals surface area (Å²) < 4.78 is 20.8. The number of aliphatic imine (C=N–C) groups is 1. The average molecular weight is 379 g/mol. The molecule has 2 aliphatic heterocycles.